The summed E-state index contributed by atoms with van der Waals surface area (Å²) in [5.74, 6) is 1.74. The highest BCUT2D eigenvalue weighted by atomic mass is 32.2. The number of ether oxygens (including phenoxy) is 1. The number of aliphatic imine (C=N–C) groups is 1. The van der Waals surface area contributed by atoms with Gasteiger partial charge in [0, 0.05) is 10.8 Å². The SMILES string of the molecule is CC(C)CC1CN=C(NC2COc3ccccc32)S1. The van der Waals surface area contributed by atoms with Gasteiger partial charge in [0.1, 0.15) is 12.4 Å². The molecular weight excluding hydrogens is 256 g/mol. The summed E-state index contributed by atoms with van der Waals surface area (Å²) in [4.78, 5) is 4.62. The second-order valence-electron chi connectivity index (χ2n) is 5.56. The van der Waals surface area contributed by atoms with E-state index in [1.54, 1.807) is 0 Å². The van der Waals surface area contributed by atoms with Crippen molar-refractivity contribution in [2.24, 2.45) is 10.9 Å². The molecule has 0 bridgehead atoms. The van der Waals surface area contributed by atoms with Crippen LogP contribution in [0.4, 0.5) is 0 Å². The third-order valence-corrected chi connectivity index (χ3v) is 4.59. The molecule has 1 aromatic carbocycles. The van der Waals surface area contributed by atoms with Gasteiger partial charge in [-0.05, 0) is 18.4 Å². The number of fused-ring (bicyclic) bond motifs is 1. The van der Waals surface area contributed by atoms with Gasteiger partial charge in [-0.3, -0.25) is 4.99 Å². The lowest BCUT2D eigenvalue weighted by atomic mass is 10.1. The number of nitrogens with zero attached hydrogens (tertiary/aromatic N) is 1. The molecule has 2 heterocycles. The van der Waals surface area contributed by atoms with Crippen LogP contribution < -0.4 is 10.1 Å². The predicted molar refractivity (Wildman–Crippen MR) is 80.9 cm³/mol. The van der Waals surface area contributed by atoms with Gasteiger partial charge in [0.2, 0.25) is 0 Å². The molecule has 0 aromatic heterocycles. The first kappa shape index (κ1) is 12.9. The Kier molecular flexibility index (Phi) is 3.69. The molecule has 2 aliphatic heterocycles. The highest BCUT2D eigenvalue weighted by Crippen LogP contribution is 2.33. The maximum Gasteiger partial charge on any atom is 0.157 e. The summed E-state index contributed by atoms with van der Waals surface area (Å²) in [5, 5.41) is 5.24. The summed E-state index contributed by atoms with van der Waals surface area (Å²) >= 11 is 1.88. The molecule has 0 radical (unpaired) electrons. The number of para-hydroxylation sites is 1. The van der Waals surface area contributed by atoms with Crippen molar-refractivity contribution in [2.45, 2.75) is 31.6 Å². The fraction of sp³-hybridized carbons (Fsp3) is 0.533. The molecule has 0 amide bonds. The minimum absolute atomic E-state index is 0.250. The van der Waals surface area contributed by atoms with Crippen molar-refractivity contribution in [3.05, 3.63) is 29.8 Å². The number of hydrogen-bond donors (Lipinski definition) is 1. The van der Waals surface area contributed by atoms with E-state index in [0.29, 0.717) is 11.9 Å². The Morgan fingerprint density at radius 2 is 2.26 bits per heavy atom. The van der Waals surface area contributed by atoms with Crippen molar-refractivity contribution in [3.8, 4) is 5.75 Å². The van der Waals surface area contributed by atoms with Crippen LogP contribution in [0.1, 0.15) is 31.9 Å². The highest BCUT2D eigenvalue weighted by Gasteiger charge is 2.27. The van der Waals surface area contributed by atoms with Gasteiger partial charge in [-0.15, -0.1) is 0 Å². The Labute approximate surface area is 118 Å². The molecule has 102 valence electrons. The number of hydrogen-bond acceptors (Lipinski definition) is 4. The van der Waals surface area contributed by atoms with E-state index in [1.165, 1.54) is 12.0 Å². The van der Waals surface area contributed by atoms with Crippen LogP contribution >= 0.6 is 11.8 Å². The summed E-state index contributed by atoms with van der Waals surface area (Å²) in [6.45, 7) is 6.19. The normalized spacial score (nSPS) is 25.1. The Bertz CT molecular complexity index is 487. The highest BCUT2D eigenvalue weighted by molar-refractivity contribution is 8.14. The third kappa shape index (κ3) is 2.89. The Hall–Kier alpha value is -1.16. The topological polar surface area (TPSA) is 33.6 Å². The predicted octanol–water partition coefficient (Wildman–Crippen LogP) is 3.23. The van der Waals surface area contributed by atoms with E-state index in [-0.39, 0.29) is 6.04 Å². The maximum absolute atomic E-state index is 5.69. The van der Waals surface area contributed by atoms with Crippen molar-refractivity contribution in [1.82, 2.24) is 5.32 Å². The molecule has 4 heteroatoms. The number of rotatable bonds is 3. The summed E-state index contributed by atoms with van der Waals surface area (Å²) < 4.78 is 5.69. The summed E-state index contributed by atoms with van der Waals surface area (Å²) in [6.07, 6.45) is 1.23. The summed E-state index contributed by atoms with van der Waals surface area (Å²) in [6, 6.07) is 8.49. The van der Waals surface area contributed by atoms with E-state index in [4.69, 9.17) is 4.74 Å². The van der Waals surface area contributed by atoms with Crippen molar-refractivity contribution in [3.63, 3.8) is 0 Å². The van der Waals surface area contributed by atoms with Gasteiger partial charge in [-0.25, -0.2) is 0 Å². The average molecular weight is 276 g/mol. The largest absolute Gasteiger partial charge is 0.491 e. The van der Waals surface area contributed by atoms with Crippen molar-refractivity contribution >= 4 is 16.9 Å². The van der Waals surface area contributed by atoms with Crippen molar-refractivity contribution < 1.29 is 4.74 Å². The molecule has 3 nitrogen and oxygen atoms in total. The maximum atomic E-state index is 5.69. The molecule has 1 aromatic rings. The van der Waals surface area contributed by atoms with Crippen LogP contribution in [0.5, 0.6) is 5.75 Å². The van der Waals surface area contributed by atoms with E-state index >= 15 is 0 Å². The van der Waals surface area contributed by atoms with E-state index in [0.717, 1.165) is 23.4 Å². The molecule has 2 atom stereocenters. The Balaban J connectivity index is 1.59. The van der Waals surface area contributed by atoms with Crippen LogP contribution in [-0.2, 0) is 0 Å². The number of thioether (sulfide) groups is 1. The minimum atomic E-state index is 0.250. The van der Waals surface area contributed by atoms with Gasteiger partial charge >= 0.3 is 0 Å². The molecule has 0 saturated heterocycles. The molecule has 2 aliphatic rings. The number of nitrogens with one attached hydrogen (secondary N) is 1. The summed E-state index contributed by atoms with van der Waals surface area (Å²) in [5.41, 5.74) is 1.25. The zero-order valence-corrected chi connectivity index (χ0v) is 12.2. The number of amidine groups is 1. The Morgan fingerprint density at radius 3 is 3.11 bits per heavy atom. The standard InChI is InChI=1S/C15H20N2OS/c1-10(2)7-11-8-16-15(19-11)17-13-9-18-14-6-4-3-5-12(13)14/h3-6,10-11,13H,7-9H2,1-2H3,(H,16,17). The Morgan fingerprint density at radius 1 is 1.42 bits per heavy atom. The lowest BCUT2D eigenvalue weighted by Crippen LogP contribution is -2.26. The molecule has 0 aliphatic carbocycles. The van der Waals surface area contributed by atoms with E-state index in [9.17, 15) is 0 Å². The first-order valence-corrected chi connectivity index (χ1v) is 7.79. The zero-order valence-electron chi connectivity index (χ0n) is 11.4. The number of benzene rings is 1. The molecule has 0 fully saturated rings. The molecule has 0 spiro atoms. The minimum Gasteiger partial charge on any atom is -0.491 e. The first-order valence-electron chi connectivity index (χ1n) is 6.91. The molecule has 19 heavy (non-hydrogen) atoms. The molecule has 3 rings (SSSR count). The van der Waals surface area contributed by atoms with Crippen LogP contribution in [0.25, 0.3) is 0 Å². The molecule has 0 saturated carbocycles. The van der Waals surface area contributed by atoms with Crippen LogP contribution in [0.2, 0.25) is 0 Å². The van der Waals surface area contributed by atoms with Gasteiger partial charge in [-0.2, -0.15) is 0 Å². The first-order chi connectivity index (χ1) is 9.22. The summed E-state index contributed by atoms with van der Waals surface area (Å²) in [7, 11) is 0. The van der Waals surface area contributed by atoms with Crippen LogP contribution in [-0.4, -0.2) is 23.6 Å². The lowest BCUT2D eigenvalue weighted by molar-refractivity contribution is 0.325. The van der Waals surface area contributed by atoms with Gasteiger partial charge in [0.15, 0.2) is 5.17 Å². The van der Waals surface area contributed by atoms with Gasteiger partial charge < -0.3 is 10.1 Å². The third-order valence-electron chi connectivity index (χ3n) is 3.45. The van der Waals surface area contributed by atoms with E-state index in [1.807, 2.05) is 23.9 Å². The van der Waals surface area contributed by atoms with E-state index in [2.05, 4.69) is 36.3 Å². The zero-order chi connectivity index (χ0) is 13.2. The van der Waals surface area contributed by atoms with Gasteiger partial charge in [0.05, 0.1) is 12.6 Å². The smallest absolute Gasteiger partial charge is 0.157 e. The van der Waals surface area contributed by atoms with Crippen LogP contribution in [0.3, 0.4) is 0 Å². The fourth-order valence-electron chi connectivity index (χ4n) is 2.58. The van der Waals surface area contributed by atoms with Gasteiger partial charge in [0.25, 0.3) is 0 Å². The van der Waals surface area contributed by atoms with Gasteiger partial charge in [-0.1, -0.05) is 43.8 Å². The molecule has 2 unspecified atom stereocenters. The van der Waals surface area contributed by atoms with E-state index < -0.39 is 0 Å². The van der Waals surface area contributed by atoms with Crippen molar-refractivity contribution in [1.29, 1.82) is 0 Å². The molecular formula is C15H20N2OS. The van der Waals surface area contributed by atoms with Crippen molar-refractivity contribution in [2.75, 3.05) is 13.2 Å². The van der Waals surface area contributed by atoms with Crippen LogP contribution in [0, 0.1) is 5.92 Å². The van der Waals surface area contributed by atoms with Crippen LogP contribution in [0.15, 0.2) is 29.3 Å². The second kappa shape index (κ2) is 5.45. The second-order valence-corrected chi connectivity index (χ2v) is 6.85. The lowest BCUT2D eigenvalue weighted by Gasteiger charge is -2.14. The fourth-order valence-corrected chi connectivity index (χ4v) is 3.88. The quantitative estimate of drug-likeness (QED) is 0.920. The monoisotopic (exact) mass is 276 g/mol. The average Bonchev–Trinajstić information content (AvgIpc) is 2.97. The molecule has 1 N–H and O–H groups in total.